The molecule has 0 unspecified atom stereocenters. The first-order chi connectivity index (χ1) is 3.41. The maximum atomic E-state index is 4.44. The molecule has 0 saturated carbocycles. The minimum atomic E-state index is 1.26. The zero-order valence-corrected chi connectivity index (χ0v) is 4.46. The number of hydrogen-bond donors (Lipinski definition) is 0. The molecule has 3 heteroatoms. The van der Waals surface area contributed by atoms with Crippen molar-refractivity contribution < 1.29 is 4.74 Å². The van der Waals surface area contributed by atoms with E-state index in [0.717, 1.165) is 0 Å². The van der Waals surface area contributed by atoms with Gasteiger partial charge in [0.1, 0.15) is 0 Å². The summed E-state index contributed by atoms with van der Waals surface area (Å²) >= 11 is 0. The summed E-state index contributed by atoms with van der Waals surface area (Å²) in [5, 5.41) is 6.91. The van der Waals surface area contributed by atoms with Crippen molar-refractivity contribution in [2.24, 2.45) is 10.2 Å². The Bertz CT molecular complexity index is 77.8. The van der Waals surface area contributed by atoms with Gasteiger partial charge in [-0.1, -0.05) is 0 Å². The number of nitrogens with zero attached hydrogens (tertiary/aromatic N) is 2. The molecule has 0 fully saturated rings. The van der Waals surface area contributed by atoms with Crippen molar-refractivity contribution in [3.8, 4) is 0 Å². The highest BCUT2D eigenvalue weighted by Crippen LogP contribution is 1.63. The Kier molecular flexibility index (Phi) is 4.51. The zero-order valence-electron chi connectivity index (χ0n) is 4.46. The van der Waals surface area contributed by atoms with E-state index in [9.17, 15) is 0 Å². The first kappa shape index (κ1) is 6.14. The molecule has 3 nitrogen and oxygen atoms in total. The van der Waals surface area contributed by atoms with Gasteiger partial charge >= 0.3 is 0 Å². The lowest BCUT2D eigenvalue weighted by Crippen LogP contribution is -1.72. The van der Waals surface area contributed by atoms with E-state index >= 15 is 0 Å². The van der Waals surface area contributed by atoms with Crippen LogP contribution in [0.15, 0.2) is 10.2 Å². The van der Waals surface area contributed by atoms with Gasteiger partial charge < -0.3 is 4.74 Å². The summed E-state index contributed by atoms with van der Waals surface area (Å²) in [5.74, 6) is 0. The lowest BCUT2D eigenvalue weighted by Gasteiger charge is -1.77. The van der Waals surface area contributed by atoms with E-state index in [0.29, 0.717) is 0 Å². The Morgan fingerprint density at radius 2 is 2.14 bits per heavy atom. The van der Waals surface area contributed by atoms with Crippen LogP contribution in [0.5, 0.6) is 0 Å². The minimum absolute atomic E-state index is 1.26. The van der Waals surface area contributed by atoms with E-state index in [4.69, 9.17) is 0 Å². The molecule has 40 valence electrons. The maximum Gasteiger partial charge on any atom is 0.194 e. The lowest BCUT2D eigenvalue weighted by atomic mass is 10.9. The molecule has 0 aliphatic rings. The molecule has 0 aliphatic heterocycles. The van der Waals surface area contributed by atoms with Crippen LogP contribution in [0.2, 0.25) is 0 Å². The van der Waals surface area contributed by atoms with Gasteiger partial charge in [0.25, 0.3) is 0 Å². The third-order valence-electron chi connectivity index (χ3n) is 0.335. The fourth-order valence-corrected chi connectivity index (χ4v) is 0.141. The summed E-state index contributed by atoms with van der Waals surface area (Å²) in [4.78, 5) is 0. The maximum absolute atomic E-state index is 4.44. The van der Waals surface area contributed by atoms with Gasteiger partial charge in [-0.15, -0.1) is 5.10 Å². The van der Waals surface area contributed by atoms with Crippen molar-refractivity contribution in [1.82, 2.24) is 0 Å². The van der Waals surface area contributed by atoms with Gasteiger partial charge in [-0.05, 0) is 6.92 Å². The Labute approximate surface area is 42.7 Å². The molecule has 0 heterocycles. The predicted molar refractivity (Wildman–Crippen MR) is 29.7 cm³/mol. The van der Waals surface area contributed by atoms with Crippen LogP contribution in [0.1, 0.15) is 6.92 Å². The molecule has 0 radical (unpaired) electrons. The predicted octanol–water partition coefficient (Wildman–Crippen LogP) is 0.667. The van der Waals surface area contributed by atoms with Crippen LogP contribution in [0.3, 0.4) is 0 Å². The molecule has 7 heavy (non-hydrogen) atoms. The van der Waals surface area contributed by atoms with Crippen LogP contribution in [0, 0.1) is 0 Å². The van der Waals surface area contributed by atoms with E-state index in [1.165, 1.54) is 13.5 Å². The molecule has 0 aromatic rings. The average Bonchev–Trinajstić information content (AvgIpc) is 1.69. The molecule has 0 rings (SSSR count). The first-order valence-electron chi connectivity index (χ1n) is 1.94. The number of ether oxygens (including phenoxy) is 1. The van der Waals surface area contributed by atoms with Crippen LogP contribution >= 0.6 is 0 Å². The van der Waals surface area contributed by atoms with Gasteiger partial charge in [-0.2, -0.15) is 5.10 Å². The molecule has 0 amide bonds. The fourth-order valence-electron chi connectivity index (χ4n) is 0.141. The summed E-state index contributed by atoms with van der Waals surface area (Å²) < 4.78 is 4.44. The van der Waals surface area contributed by atoms with Crippen LogP contribution < -0.4 is 0 Å². The Morgan fingerprint density at radius 1 is 1.43 bits per heavy atom. The standard InChI is InChI=1S/C4H8N2O/c1-3-5-6-4-7-2/h3-4H,1-2H3/b5-3-,6-4-. The van der Waals surface area contributed by atoms with Gasteiger partial charge in [0.05, 0.1) is 7.11 Å². The molecular weight excluding hydrogens is 92.1 g/mol. The van der Waals surface area contributed by atoms with E-state index < -0.39 is 0 Å². The van der Waals surface area contributed by atoms with Crippen molar-refractivity contribution in [1.29, 1.82) is 0 Å². The van der Waals surface area contributed by atoms with Gasteiger partial charge in [0.15, 0.2) is 6.40 Å². The summed E-state index contributed by atoms with van der Waals surface area (Å²) in [6.07, 6.45) is 2.84. The molecule has 0 saturated heterocycles. The third-order valence-corrected chi connectivity index (χ3v) is 0.335. The minimum Gasteiger partial charge on any atom is -0.485 e. The molecule has 0 aromatic heterocycles. The van der Waals surface area contributed by atoms with Crippen molar-refractivity contribution in [3.63, 3.8) is 0 Å². The van der Waals surface area contributed by atoms with Gasteiger partial charge in [0.2, 0.25) is 0 Å². The fraction of sp³-hybridized carbons (Fsp3) is 0.500. The van der Waals surface area contributed by atoms with Crippen molar-refractivity contribution in [2.75, 3.05) is 7.11 Å². The van der Waals surface area contributed by atoms with E-state index in [2.05, 4.69) is 14.9 Å². The Morgan fingerprint density at radius 3 is 2.57 bits per heavy atom. The van der Waals surface area contributed by atoms with Crippen LogP contribution in [0.25, 0.3) is 0 Å². The average molecular weight is 100 g/mol. The van der Waals surface area contributed by atoms with E-state index in [-0.39, 0.29) is 0 Å². The lowest BCUT2D eigenvalue weighted by molar-refractivity contribution is 0.421. The van der Waals surface area contributed by atoms with Crippen molar-refractivity contribution in [2.45, 2.75) is 6.92 Å². The second-order valence-electron chi connectivity index (χ2n) is 0.830. The van der Waals surface area contributed by atoms with Gasteiger partial charge in [-0.3, -0.25) is 0 Å². The molecule has 0 bridgehead atoms. The van der Waals surface area contributed by atoms with Crippen LogP contribution in [-0.2, 0) is 4.74 Å². The zero-order chi connectivity index (χ0) is 5.54. The number of methoxy groups -OCH3 is 1. The first-order valence-corrected chi connectivity index (χ1v) is 1.94. The molecular formula is C4H8N2O. The van der Waals surface area contributed by atoms with Crippen LogP contribution in [-0.4, -0.2) is 19.7 Å². The third kappa shape index (κ3) is 5.14. The molecule has 0 aliphatic carbocycles. The van der Waals surface area contributed by atoms with Gasteiger partial charge in [-0.25, -0.2) is 0 Å². The largest absolute Gasteiger partial charge is 0.485 e. The topological polar surface area (TPSA) is 34.0 Å². The molecule has 0 aromatic carbocycles. The number of rotatable bonds is 2. The highest BCUT2D eigenvalue weighted by molar-refractivity contribution is 5.55. The second-order valence-corrected chi connectivity index (χ2v) is 0.830. The Hall–Kier alpha value is -0.860. The SMILES string of the molecule is C/C=N\N=C/OC. The summed E-state index contributed by atoms with van der Waals surface area (Å²) in [6.45, 7) is 1.78. The van der Waals surface area contributed by atoms with Crippen molar-refractivity contribution in [3.05, 3.63) is 0 Å². The molecule has 0 N–H and O–H groups in total. The highest BCUT2D eigenvalue weighted by atomic mass is 16.5. The van der Waals surface area contributed by atoms with E-state index in [1.54, 1.807) is 13.1 Å². The quantitative estimate of drug-likeness (QED) is 0.285. The normalized spacial score (nSPS) is 11.1. The summed E-state index contributed by atoms with van der Waals surface area (Å²) in [7, 11) is 1.52. The highest BCUT2D eigenvalue weighted by Gasteiger charge is 1.56. The van der Waals surface area contributed by atoms with Gasteiger partial charge in [0, 0.05) is 6.21 Å². The summed E-state index contributed by atoms with van der Waals surface area (Å²) in [5.41, 5.74) is 0. The van der Waals surface area contributed by atoms with Crippen LogP contribution in [0.4, 0.5) is 0 Å². The van der Waals surface area contributed by atoms with Crippen molar-refractivity contribution >= 4 is 12.6 Å². The second kappa shape index (κ2) is 5.14. The molecule has 0 atom stereocenters. The number of hydrogen-bond acceptors (Lipinski definition) is 3. The van der Waals surface area contributed by atoms with E-state index in [1.807, 2.05) is 0 Å². The summed E-state index contributed by atoms with van der Waals surface area (Å²) in [6, 6.07) is 0. The Balaban J connectivity index is 3.09. The smallest absolute Gasteiger partial charge is 0.194 e. The monoisotopic (exact) mass is 100 g/mol. The molecule has 0 spiro atoms.